The first-order valence-electron chi connectivity index (χ1n) is 11.3. The molecule has 0 bridgehead atoms. The van der Waals surface area contributed by atoms with Crippen LogP contribution >= 0.6 is 11.8 Å². The second-order valence-corrected chi connectivity index (χ2v) is 10.0. The molecule has 0 spiro atoms. The van der Waals surface area contributed by atoms with Crippen molar-refractivity contribution in [3.05, 3.63) is 59.0 Å². The van der Waals surface area contributed by atoms with E-state index in [9.17, 15) is 9.59 Å². The van der Waals surface area contributed by atoms with Crippen LogP contribution in [-0.2, 0) is 9.59 Å². The zero-order chi connectivity index (χ0) is 22.7. The van der Waals surface area contributed by atoms with E-state index in [0.717, 1.165) is 29.9 Å². The largest absolute Gasteiger partial charge is 0.497 e. The highest BCUT2D eigenvalue weighted by Crippen LogP contribution is 2.33. The van der Waals surface area contributed by atoms with E-state index in [1.165, 1.54) is 18.2 Å². The average molecular weight is 452 g/mol. The molecule has 6 heteroatoms. The van der Waals surface area contributed by atoms with Gasteiger partial charge in [0.1, 0.15) is 15.9 Å². The molecule has 168 valence electrons. The highest BCUT2D eigenvalue weighted by atomic mass is 32.2. The molecule has 1 saturated carbocycles. The summed E-state index contributed by atoms with van der Waals surface area (Å²) in [6.07, 6.45) is 13.2. The van der Waals surface area contributed by atoms with Crippen LogP contribution in [0.3, 0.4) is 0 Å². The maximum absolute atomic E-state index is 13.4. The fourth-order valence-electron chi connectivity index (χ4n) is 4.59. The molecule has 4 atom stereocenters. The summed E-state index contributed by atoms with van der Waals surface area (Å²) in [5.41, 5.74) is 1.80. The quantitative estimate of drug-likeness (QED) is 0.539. The normalized spacial score (nSPS) is 28.6. The molecule has 3 aliphatic rings. The molecular weight excluding hydrogens is 420 g/mol. The van der Waals surface area contributed by atoms with Crippen LogP contribution in [0.4, 0.5) is 0 Å². The number of carbonyl (C=O) groups excluding carboxylic acids is 2. The van der Waals surface area contributed by atoms with Crippen LogP contribution in [0, 0.1) is 11.8 Å². The highest BCUT2D eigenvalue weighted by Gasteiger charge is 2.40. The molecule has 0 saturated heterocycles. The number of hydrogen-bond donors (Lipinski definition) is 1. The number of nitrogens with zero attached hydrogens (tertiary/aromatic N) is 1. The minimum atomic E-state index is -0.128. The van der Waals surface area contributed by atoms with E-state index in [1.807, 2.05) is 48.6 Å². The Morgan fingerprint density at radius 3 is 2.75 bits per heavy atom. The van der Waals surface area contributed by atoms with E-state index >= 15 is 0 Å². The molecule has 0 radical (unpaired) electrons. The first kappa shape index (κ1) is 22.6. The standard InChI is InChI=1S/C26H30N2O3S/c1-17-7-6-8-21(18(17)2)27-25(29)16-28-22-9-4-5-10-23(22)32-24(26(28)30)15-19-11-13-20(31-3)14-12-19/h4-5,9-15,17-18,21,23H,6-8,16H2,1-3H3/p+1/b24-15-. The number of benzene rings is 1. The molecule has 2 aliphatic carbocycles. The second-order valence-electron chi connectivity index (χ2n) is 8.82. The van der Waals surface area contributed by atoms with Crippen molar-refractivity contribution in [2.24, 2.45) is 11.8 Å². The number of thioether (sulfide) groups is 1. The number of rotatable bonds is 5. The van der Waals surface area contributed by atoms with E-state index in [-0.39, 0.29) is 29.7 Å². The van der Waals surface area contributed by atoms with Crippen molar-refractivity contribution in [2.75, 3.05) is 13.7 Å². The van der Waals surface area contributed by atoms with Crippen LogP contribution in [0.5, 0.6) is 5.75 Å². The van der Waals surface area contributed by atoms with Crippen LogP contribution in [0.15, 0.2) is 53.5 Å². The molecule has 4 unspecified atom stereocenters. The van der Waals surface area contributed by atoms with Crippen molar-refractivity contribution in [2.45, 2.75) is 44.4 Å². The highest BCUT2D eigenvalue weighted by molar-refractivity contribution is 8.05. The zero-order valence-electron chi connectivity index (χ0n) is 18.9. The summed E-state index contributed by atoms with van der Waals surface area (Å²) in [4.78, 5) is 27.0. The summed E-state index contributed by atoms with van der Waals surface area (Å²) in [5, 5.41) is 3.23. The van der Waals surface area contributed by atoms with E-state index in [4.69, 9.17) is 4.74 Å². The molecule has 2 amide bonds. The second kappa shape index (κ2) is 9.90. The molecule has 1 aliphatic heterocycles. The molecular formula is C26H31N2O3S+. The van der Waals surface area contributed by atoms with Gasteiger partial charge in [-0.3, -0.25) is 4.79 Å². The molecule has 1 fully saturated rings. The van der Waals surface area contributed by atoms with Gasteiger partial charge in [0.05, 0.1) is 7.11 Å². The SMILES string of the molecule is COc1ccc(/C=C2\SC3C=CC=CC3=[N+](CC(=O)NC3CCCC(C)C3C)C2=O)cc1. The van der Waals surface area contributed by atoms with Gasteiger partial charge in [-0.2, -0.15) is 0 Å². The van der Waals surface area contributed by atoms with Crippen molar-refractivity contribution in [3.63, 3.8) is 0 Å². The summed E-state index contributed by atoms with van der Waals surface area (Å²) in [6.45, 7) is 4.51. The third-order valence-electron chi connectivity index (χ3n) is 6.75. The summed E-state index contributed by atoms with van der Waals surface area (Å²) < 4.78 is 6.86. The Morgan fingerprint density at radius 1 is 1.22 bits per heavy atom. The Balaban J connectivity index is 1.56. The third-order valence-corrected chi connectivity index (χ3v) is 7.94. The Morgan fingerprint density at radius 2 is 2.00 bits per heavy atom. The van der Waals surface area contributed by atoms with E-state index < -0.39 is 0 Å². The van der Waals surface area contributed by atoms with Crippen LogP contribution in [0.2, 0.25) is 0 Å². The van der Waals surface area contributed by atoms with Crippen molar-refractivity contribution in [3.8, 4) is 5.75 Å². The topological polar surface area (TPSA) is 58.4 Å². The molecule has 1 N–H and O–H groups in total. The van der Waals surface area contributed by atoms with Crippen LogP contribution in [0.25, 0.3) is 6.08 Å². The molecule has 5 nitrogen and oxygen atoms in total. The number of carbonyl (C=O) groups is 2. The number of hydrogen-bond acceptors (Lipinski definition) is 4. The van der Waals surface area contributed by atoms with Gasteiger partial charge in [0.15, 0.2) is 0 Å². The Kier molecular flexibility index (Phi) is 6.99. The Bertz CT molecular complexity index is 1010. The van der Waals surface area contributed by atoms with E-state index in [1.54, 1.807) is 11.7 Å². The first-order valence-corrected chi connectivity index (χ1v) is 12.2. The summed E-state index contributed by atoms with van der Waals surface area (Å²) >= 11 is 1.53. The number of amides is 2. The van der Waals surface area contributed by atoms with Crippen LogP contribution < -0.4 is 10.1 Å². The van der Waals surface area contributed by atoms with Crippen LogP contribution in [0.1, 0.15) is 38.7 Å². The van der Waals surface area contributed by atoms with Crippen molar-refractivity contribution >= 4 is 35.4 Å². The van der Waals surface area contributed by atoms with E-state index in [0.29, 0.717) is 16.7 Å². The fraction of sp³-hybridized carbons (Fsp3) is 0.423. The zero-order valence-corrected chi connectivity index (χ0v) is 19.7. The minimum Gasteiger partial charge on any atom is -0.497 e. The summed E-state index contributed by atoms with van der Waals surface area (Å²) in [6, 6.07) is 7.79. The molecule has 4 rings (SSSR count). The Labute approximate surface area is 194 Å². The lowest BCUT2D eigenvalue weighted by Gasteiger charge is -2.34. The average Bonchev–Trinajstić information content (AvgIpc) is 2.80. The lowest BCUT2D eigenvalue weighted by Crippen LogP contribution is -2.48. The number of methoxy groups -OCH3 is 1. The number of nitrogens with one attached hydrogen (secondary N) is 1. The number of fused-ring (bicyclic) bond motifs is 1. The molecule has 1 heterocycles. The number of allylic oxidation sites excluding steroid dienone is 3. The van der Waals surface area contributed by atoms with Gasteiger partial charge in [-0.25, -0.2) is 4.79 Å². The predicted octanol–water partition coefficient (Wildman–Crippen LogP) is 4.20. The fourth-order valence-corrected chi connectivity index (χ4v) is 5.77. The van der Waals surface area contributed by atoms with Gasteiger partial charge in [0.25, 0.3) is 5.91 Å². The van der Waals surface area contributed by atoms with Crippen molar-refractivity contribution in [1.82, 2.24) is 5.32 Å². The van der Waals surface area contributed by atoms with Crippen LogP contribution in [-0.4, -0.2) is 47.0 Å². The van der Waals surface area contributed by atoms with Gasteiger partial charge < -0.3 is 10.1 Å². The molecule has 1 aromatic carbocycles. The number of ether oxygens (including phenoxy) is 1. The lowest BCUT2D eigenvalue weighted by molar-refractivity contribution is -0.434. The summed E-state index contributed by atoms with van der Waals surface area (Å²) in [7, 11) is 1.63. The molecule has 1 aromatic rings. The van der Waals surface area contributed by atoms with Gasteiger partial charge in [-0.05, 0) is 42.0 Å². The maximum Gasteiger partial charge on any atom is 0.426 e. The smallest absolute Gasteiger partial charge is 0.426 e. The van der Waals surface area contributed by atoms with Crippen molar-refractivity contribution in [1.29, 1.82) is 0 Å². The van der Waals surface area contributed by atoms with Gasteiger partial charge in [-0.15, -0.1) is 4.58 Å². The van der Waals surface area contributed by atoms with Crippen molar-refractivity contribution < 1.29 is 18.9 Å². The van der Waals surface area contributed by atoms with Gasteiger partial charge in [-0.1, -0.05) is 68.8 Å². The van der Waals surface area contributed by atoms with E-state index in [2.05, 4.69) is 25.2 Å². The predicted molar refractivity (Wildman–Crippen MR) is 130 cm³/mol. The Hall–Kier alpha value is -2.60. The lowest BCUT2D eigenvalue weighted by atomic mass is 9.78. The van der Waals surface area contributed by atoms with Gasteiger partial charge in [0, 0.05) is 12.1 Å². The van der Waals surface area contributed by atoms with Gasteiger partial charge in [0.2, 0.25) is 12.3 Å². The molecule has 0 aromatic heterocycles. The summed E-state index contributed by atoms with van der Waals surface area (Å²) in [5.74, 6) is 1.61. The van der Waals surface area contributed by atoms with Gasteiger partial charge >= 0.3 is 5.91 Å². The minimum absolute atomic E-state index is 0.0172. The maximum atomic E-state index is 13.4. The molecule has 32 heavy (non-hydrogen) atoms. The monoisotopic (exact) mass is 451 g/mol. The first-order chi connectivity index (χ1) is 15.5. The third kappa shape index (κ3) is 4.90.